The molecule has 0 bridgehead atoms. The van der Waals surface area contributed by atoms with Crippen molar-refractivity contribution in [2.75, 3.05) is 12.4 Å². The molecular formula is C21H21ClN4OS. The molecule has 1 aromatic heterocycles. The number of hydrogen-bond acceptors (Lipinski definition) is 5. The summed E-state index contributed by atoms with van der Waals surface area (Å²) in [6.45, 7) is 2.59. The Morgan fingerprint density at radius 2 is 1.89 bits per heavy atom. The molecule has 3 aromatic rings. The lowest BCUT2D eigenvalue weighted by atomic mass is 10.2. The quantitative estimate of drug-likeness (QED) is 0.329. The number of aromatic nitrogens is 3. The Hall–Kier alpha value is -2.49. The first kappa shape index (κ1) is 20.2. The molecule has 0 N–H and O–H groups in total. The third kappa shape index (κ3) is 4.86. The van der Waals surface area contributed by atoms with Gasteiger partial charge in [0.2, 0.25) is 0 Å². The van der Waals surface area contributed by atoms with Gasteiger partial charge in [-0.1, -0.05) is 35.5 Å². The highest BCUT2D eigenvalue weighted by atomic mass is 35.5. The van der Waals surface area contributed by atoms with Gasteiger partial charge in [-0.05, 0) is 56.2 Å². The molecule has 0 saturated heterocycles. The predicted molar refractivity (Wildman–Crippen MR) is 113 cm³/mol. The van der Waals surface area contributed by atoms with Gasteiger partial charge in [0.25, 0.3) is 0 Å². The number of hydrogen-bond donors (Lipinski definition) is 0. The molecule has 0 saturated carbocycles. The summed E-state index contributed by atoms with van der Waals surface area (Å²) in [6, 6.07) is 17.7. The van der Waals surface area contributed by atoms with Crippen LogP contribution in [0.25, 0.3) is 17.1 Å². The summed E-state index contributed by atoms with van der Waals surface area (Å²) in [5, 5.41) is 18.9. The van der Waals surface area contributed by atoms with Crippen LogP contribution < -0.4 is 4.74 Å². The van der Waals surface area contributed by atoms with E-state index in [-0.39, 0.29) is 0 Å². The Labute approximate surface area is 174 Å². The van der Waals surface area contributed by atoms with E-state index >= 15 is 0 Å². The zero-order chi connectivity index (χ0) is 19.8. The summed E-state index contributed by atoms with van der Waals surface area (Å²) in [4.78, 5) is 0. The lowest BCUT2D eigenvalue weighted by molar-refractivity contribution is 0.340. The number of ether oxygens (including phenoxy) is 1. The largest absolute Gasteiger partial charge is 0.494 e. The van der Waals surface area contributed by atoms with Crippen molar-refractivity contribution >= 4 is 23.4 Å². The molecule has 144 valence electrons. The Bertz CT molecular complexity index is 950. The van der Waals surface area contributed by atoms with Crippen molar-refractivity contribution in [2.24, 2.45) is 0 Å². The number of thioether (sulfide) groups is 1. The van der Waals surface area contributed by atoms with Crippen molar-refractivity contribution in [3.8, 4) is 28.9 Å². The minimum Gasteiger partial charge on any atom is -0.494 e. The Morgan fingerprint density at radius 3 is 2.61 bits per heavy atom. The molecule has 5 nitrogen and oxygen atoms in total. The van der Waals surface area contributed by atoms with Crippen LogP contribution in [0.2, 0.25) is 5.02 Å². The van der Waals surface area contributed by atoms with E-state index in [9.17, 15) is 0 Å². The number of rotatable bonds is 9. The highest BCUT2D eigenvalue weighted by Crippen LogP contribution is 2.32. The average molecular weight is 413 g/mol. The predicted octanol–water partition coefficient (Wildman–Crippen LogP) is 5.77. The van der Waals surface area contributed by atoms with Gasteiger partial charge < -0.3 is 4.74 Å². The molecule has 0 unspecified atom stereocenters. The maximum absolute atomic E-state index is 8.69. The molecule has 0 amide bonds. The molecule has 0 radical (unpaired) electrons. The third-order valence-electron chi connectivity index (χ3n) is 4.07. The summed E-state index contributed by atoms with van der Waals surface area (Å²) in [6.07, 6.45) is 2.42. The number of unbranched alkanes of at least 4 members (excludes halogenated alkanes) is 2. The zero-order valence-corrected chi connectivity index (χ0v) is 17.2. The second kappa shape index (κ2) is 10.2. The molecule has 3 rings (SSSR count). The van der Waals surface area contributed by atoms with Gasteiger partial charge in [-0.2, -0.15) is 5.26 Å². The van der Waals surface area contributed by atoms with Crippen LogP contribution in [0.3, 0.4) is 0 Å². The normalized spacial score (nSPS) is 10.6. The van der Waals surface area contributed by atoms with E-state index in [1.165, 1.54) is 0 Å². The van der Waals surface area contributed by atoms with Crippen molar-refractivity contribution < 1.29 is 4.74 Å². The van der Waals surface area contributed by atoms with E-state index in [1.807, 2.05) is 60.0 Å². The second-order valence-electron chi connectivity index (χ2n) is 6.01. The topological polar surface area (TPSA) is 63.7 Å². The number of nitriles is 1. The van der Waals surface area contributed by atoms with Gasteiger partial charge in [-0.15, -0.1) is 10.2 Å². The molecule has 0 atom stereocenters. The number of nitrogens with zero attached hydrogens (tertiary/aromatic N) is 4. The molecule has 0 aliphatic carbocycles. The maximum Gasteiger partial charge on any atom is 0.196 e. The molecule has 0 spiro atoms. The third-order valence-corrected chi connectivity index (χ3v) is 5.41. The van der Waals surface area contributed by atoms with Gasteiger partial charge in [0, 0.05) is 23.4 Å². The molecule has 1 heterocycles. The molecule has 0 aliphatic heterocycles. The highest BCUT2D eigenvalue weighted by Gasteiger charge is 2.18. The monoisotopic (exact) mass is 412 g/mol. The fourth-order valence-corrected chi connectivity index (χ4v) is 3.91. The fourth-order valence-electron chi connectivity index (χ4n) is 2.74. The van der Waals surface area contributed by atoms with E-state index < -0.39 is 0 Å². The summed E-state index contributed by atoms with van der Waals surface area (Å²) >= 11 is 8.05. The molecular weight excluding hydrogens is 392 g/mol. The first-order valence-electron chi connectivity index (χ1n) is 9.18. The molecule has 0 aliphatic rings. The average Bonchev–Trinajstić information content (AvgIpc) is 3.13. The van der Waals surface area contributed by atoms with Crippen LogP contribution in [-0.2, 0) is 0 Å². The summed E-state index contributed by atoms with van der Waals surface area (Å²) in [5.41, 5.74) is 1.78. The minimum absolute atomic E-state index is 0.580. The number of halogens is 1. The first-order chi connectivity index (χ1) is 13.7. The van der Waals surface area contributed by atoms with Crippen LogP contribution >= 0.6 is 23.4 Å². The maximum atomic E-state index is 8.69. The van der Waals surface area contributed by atoms with Crippen molar-refractivity contribution in [2.45, 2.75) is 31.3 Å². The standard InChI is InChI=1S/C21H21ClN4OS/c1-2-27-17-12-10-16(11-13-17)26-20(18-8-4-5-9-19(18)22)24-25-21(26)28-15-7-3-6-14-23/h4-5,8-13H,2-3,6-7,15H2,1H3. The van der Waals surface area contributed by atoms with E-state index in [1.54, 1.807) is 11.8 Å². The highest BCUT2D eigenvalue weighted by molar-refractivity contribution is 7.99. The fraction of sp³-hybridized carbons (Fsp3) is 0.286. The van der Waals surface area contributed by atoms with Crippen LogP contribution in [0.5, 0.6) is 5.75 Å². The summed E-state index contributed by atoms with van der Waals surface area (Å²) in [7, 11) is 0. The summed E-state index contributed by atoms with van der Waals surface area (Å²) < 4.78 is 7.57. The van der Waals surface area contributed by atoms with Gasteiger partial charge in [0.05, 0.1) is 17.7 Å². The van der Waals surface area contributed by atoms with Crippen LogP contribution in [0.1, 0.15) is 26.2 Å². The molecule has 28 heavy (non-hydrogen) atoms. The van der Waals surface area contributed by atoms with Crippen molar-refractivity contribution in [3.05, 3.63) is 53.6 Å². The van der Waals surface area contributed by atoms with E-state index in [0.29, 0.717) is 23.9 Å². The van der Waals surface area contributed by atoms with E-state index in [0.717, 1.165) is 40.8 Å². The first-order valence-corrected chi connectivity index (χ1v) is 10.5. The SMILES string of the molecule is CCOc1ccc(-n2c(SCCCCC#N)nnc2-c2ccccc2Cl)cc1. The molecule has 7 heteroatoms. The summed E-state index contributed by atoms with van der Waals surface area (Å²) in [5.74, 6) is 2.40. The van der Waals surface area contributed by atoms with Crippen molar-refractivity contribution in [1.82, 2.24) is 14.8 Å². The lowest BCUT2D eigenvalue weighted by Crippen LogP contribution is -2.01. The van der Waals surface area contributed by atoms with E-state index in [4.69, 9.17) is 21.6 Å². The Morgan fingerprint density at radius 1 is 1.11 bits per heavy atom. The second-order valence-corrected chi connectivity index (χ2v) is 7.48. The minimum atomic E-state index is 0.580. The molecule has 2 aromatic carbocycles. The van der Waals surface area contributed by atoms with Gasteiger partial charge in [-0.3, -0.25) is 4.57 Å². The van der Waals surface area contributed by atoms with Gasteiger partial charge in [0.1, 0.15) is 5.75 Å². The zero-order valence-electron chi connectivity index (χ0n) is 15.6. The van der Waals surface area contributed by atoms with Crippen molar-refractivity contribution in [1.29, 1.82) is 5.26 Å². The van der Waals surface area contributed by atoms with Crippen LogP contribution in [-0.4, -0.2) is 27.1 Å². The van der Waals surface area contributed by atoms with Crippen LogP contribution in [0.4, 0.5) is 0 Å². The van der Waals surface area contributed by atoms with Crippen LogP contribution in [0.15, 0.2) is 53.7 Å². The van der Waals surface area contributed by atoms with Gasteiger partial charge >= 0.3 is 0 Å². The van der Waals surface area contributed by atoms with E-state index in [2.05, 4.69) is 16.3 Å². The lowest BCUT2D eigenvalue weighted by Gasteiger charge is -2.12. The van der Waals surface area contributed by atoms with Crippen LogP contribution in [0, 0.1) is 11.3 Å². The Balaban J connectivity index is 1.94. The van der Waals surface area contributed by atoms with Crippen molar-refractivity contribution in [3.63, 3.8) is 0 Å². The number of benzene rings is 2. The van der Waals surface area contributed by atoms with Gasteiger partial charge in [-0.25, -0.2) is 0 Å². The smallest absolute Gasteiger partial charge is 0.196 e. The molecule has 0 fully saturated rings. The van der Waals surface area contributed by atoms with Gasteiger partial charge in [0.15, 0.2) is 11.0 Å². The Kier molecular flexibility index (Phi) is 7.35.